The van der Waals surface area contributed by atoms with Crippen LogP contribution in [0.3, 0.4) is 0 Å². The van der Waals surface area contributed by atoms with E-state index in [1.165, 1.54) is 0 Å². The highest BCUT2D eigenvalue weighted by Crippen LogP contribution is 2.41. The van der Waals surface area contributed by atoms with Gasteiger partial charge in [-0.1, -0.05) is 54.6 Å². The topological polar surface area (TPSA) is 70.6 Å². The van der Waals surface area contributed by atoms with E-state index in [1.807, 2.05) is 66.7 Å². The summed E-state index contributed by atoms with van der Waals surface area (Å²) in [4.78, 5) is 0. The lowest BCUT2D eigenvalue weighted by atomic mass is 10.1. The minimum atomic E-state index is 0.655. The van der Waals surface area contributed by atoms with Gasteiger partial charge >= 0.3 is 0 Å². The quantitative estimate of drug-likeness (QED) is 0.216. The number of hydrogen-bond donors (Lipinski definition) is 0. The van der Waals surface area contributed by atoms with Crippen molar-refractivity contribution in [3.63, 3.8) is 0 Å². The number of benzene rings is 6. The molecule has 0 N–H and O–H groups in total. The smallest absolute Gasteiger partial charge is 0.137 e. The Kier molecular flexibility index (Phi) is 4.68. The third-order valence-corrected chi connectivity index (χ3v) is 8.59. The lowest BCUT2D eigenvalue weighted by Crippen LogP contribution is -1.95. The number of hydrogen-bond acceptors (Lipinski definition) is 3. The molecule has 0 aliphatic rings. The van der Waals surface area contributed by atoms with Gasteiger partial charge in [0.25, 0.3) is 0 Å². The zero-order valence-electron chi connectivity index (χ0n) is 22.7. The zero-order valence-corrected chi connectivity index (χ0v) is 22.7. The summed E-state index contributed by atoms with van der Waals surface area (Å²) >= 11 is 0. The molecule has 0 aliphatic carbocycles. The van der Waals surface area contributed by atoms with E-state index in [9.17, 15) is 10.5 Å². The van der Waals surface area contributed by atoms with Crippen LogP contribution in [0, 0.1) is 22.7 Å². The molecule has 6 aromatic carbocycles. The minimum Gasteiger partial charge on any atom is -0.456 e. The molecule has 0 saturated carbocycles. The second-order valence-electron chi connectivity index (χ2n) is 10.8. The Morgan fingerprint density at radius 1 is 0.465 bits per heavy atom. The van der Waals surface area contributed by atoms with Crippen molar-refractivity contribution in [3.8, 4) is 23.5 Å². The predicted octanol–water partition coefficient (Wildman–Crippen LogP) is 9.52. The van der Waals surface area contributed by atoms with Crippen LogP contribution in [-0.2, 0) is 0 Å². The van der Waals surface area contributed by atoms with Crippen LogP contribution in [0.2, 0.25) is 0 Å². The van der Waals surface area contributed by atoms with Crippen molar-refractivity contribution in [1.82, 2.24) is 9.13 Å². The van der Waals surface area contributed by atoms with Crippen molar-refractivity contribution < 1.29 is 4.42 Å². The predicted molar refractivity (Wildman–Crippen MR) is 172 cm³/mol. The molecule has 0 saturated heterocycles. The van der Waals surface area contributed by atoms with Gasteiger partial charge in [0.1, 0.15) is 11.2 Å². The first-order valence-corrected chi connectivity index (χ1v) is 14.1. The van der Waals surface area contributed by atoms with E-state index in [2.05, 4.69) is 75.9 Å². The van der Waals surface area contributed by atoms with Crippen LogP contribution in [0.4, 0.5) is 0 Å². The van der Waals surface area contributed by atoms with Crippen molar-refractivity contribution in [2.75, 3.05) is 0 Å². The molecule has 0 atom stereocenters. The van der Waals surface area contributed by atoms with E-state index >= 15 is 0 Å². The average Bonchev–Trinajstić information content (AvgIpc) is 3.72. The monoisotopic (exact) mass is 548 g/mol. The van der Waals surface area contributed by atoms with Gasteiger partial charge in [-0.3, -0.25) is 0 Å². The first-order valence-electron chi connectivity index (χ1n) is 14.1. The van der Waals surface area contributed by atoms with Gasteiger partial charge in [-0.25, -0.2) is 0 Å². The molecule has 9 aromatic rings. The van der Waals surface area contributed by atoms with Crippen LogP contribution in [0.5, 0.6) is 0 Å². The van der Waals surface area contributed by atoms with Crippen LogP contribution in [0.15, 0.2) is 126 Å². The summed E-state index contributed by atoms with van der Waals surface area (Å²) in [7, 11) is 0. The van der Waals surface area contributed by atoms with E-state index in [4.69, 9.17) is 4.42 Å². The highest BCUT2D eigenvalue weighted by atomic mass is 16.3. The zero-order chi connectivity index (χ0) is 28.7. The van der Waals surface area contributed by atoms with Crippen LogP contribution in [0.1, 0.15) is 11.1 Å². The average molecular weight is 549 g/mol. The van der Waals surface area contributed by atoms with Crippen LogP contribution < -0.4 is 0 Å². The maximum atomic E-state index is 9.97. The number of rotatable bonds is 2. The van der Waals surface area contributed by atoms with E-state index in [0.717, 1.165) is 76.9 Å². The molecule has 0 fully saturated rings. The number of nitriles is 2. The molecule has 3 aromatic heterocycles. The Labute approximate surface area is 245 Å². The summed E-state index contributed by atoms with van der Waals surface area (Å²) in [6.45, 7) is 0. The molecule has 0 bridgehead atoms. The van der Waals surface area contributed by atoms with E-state index in [0.29, 0.717) is 11.1 Å². The van der Waals surface area contributed by atoms with Gasteiger partial charge in [0.15, 0.2) is 0 Å². The largest absolute Gasteiger partial charge is 0.456 e. The van der Waals surface area contributed by atoms with E-state index in [1.54, 1.807) is 0 Å². The van der Waals surface area contributed by atoms with Crippen LogP contribution in [-0.4, -0.2) is 9.13 Å². The third-order valence-electron chi connectivity index (χ3n) is 8.59. The van der Waals surface area contributed by atoms with Crippen LogP contribution >= 0.6 is 0 Å². The highest BCUT2D eigenvalue weighted by Gasteiger charge is 2.20. The maximum absolute atomic E-state index is 9.97. The van der Waals surface area contributed by atoms with Gasteiger partial charge < -0.3 is 13.6 Å². The third kappa shape index (κ3) is 3.08. The van der Waals surface area contributed by atoms with E-state index in [-0.39, 0.29) is 0 Å². The molecule has 9 rings (SSSR count). The lowest BCUT2D eigenvalue weighted by molar-refractivity contribution is 0.669. The summed E-state index contributed by atoms with van der Waals surface area (Å²) in [5.41, 5.74) is 8.91. The van der Waals surface area contributed by atoms with Crippen LogP contribution in [0.25, 0.3) is 76.9 Å². The Balaban J connectivity index is 1.40. The number of nitrogens with zero attached hydrogens (tertiary/aromatic N) is 4. The molecular formula is C38H20N4O. The molecule has 0 amide bonds. The molecule has 3 heterocycles. The standard InChI is InChI=1S/C38H20N4O/c39-21-23-8-5-14-31-36(23)26-10-1-3-12-29(26)41(31)25-18-19-34-28(20-25)38-33(16-7-17-35(38)43-34)42-30-13-4-2-11-27(30)37-24(22-40)9-6-15-32(37)42/h1-20H. The number of para-hydroxylation sites is 2. The first-order chi connectivity index (χ1) is 21.3. The second-order valence-corrected chi connectivity index (χ2v) is 10.8. The molecule has 0 radical (unpaired) electrons. The lowest BCUT2D eigenvalue weighted by Gasteiger charge is -2.11. The van der Waals surface area contributed by atoms with Crippen molar-refractivity contribution >= 4 is 65.6 Å². The molecular weight excluding hydrogens is 528 g/mol. The summed E-state index contributed by atoms with van der Waals surface area (Å²) < 4.78 is 10.9. The van der Waals surface area contributed by atoms with Gasteiger partial charge in [0.05, 0.1) is 56.4 Å². The minimum absolute atomic E-state index is 0.655. The molecule has 43 heavy (non-hydrogen) atoms. The molecule has 5 nitrogen and oxygen atoms in total. The fourth-order valence-corrected chi connectivity index (χ4v) is 6.88. The highest BCUT2D eigenvalue weighted by molar-refractivity contribution is 6.16. The van der Waals surface area contributed by atoms with Crippen molar-refractivity contribution in [2.45, 2.75) is 0 Å². The maximum Gasteiger partial charge on any atom is 0.137 e. The van der Waals surface area contributed by atoms with Gasteiger partial charge in [-0.2, -0.15) is 10.5 Å². The second kappa shape index (κ2) is 8.60. The van der Waals surface area contributed by atoms with Gasteiger partial charge in [-0.15, -0.1) is 0 Å². The van der Waals surface area contributed by atoms with Crippen molar-refractivity contribution in [1.29, 1.82) is 10.5 Å². The number of furan rings is 1. The fourth-order valence-electron chi connectivity index (χ4n) is 6.88. The van der Waals surface area contributed by atoms with Gasteiger partial charge in [0.2, 0.25) is 0 Å². The Morgan fingerprint density at radius 2 is 1.05 bits per heavy atom. The SMILES string of the molecule is N#Cc1cccc2c1c1ccccc1n2-c1ccc2oc3cccc(-n4c5ccccc5c5c(C#N)cccc54)c3c2c1. The normalized spacial score (nSPS) is 11.7. The summed E-state index contributed by atoms with van der Waals surface area (Å²) in [5, 5.41) is 25.9. The Bertz CT molecular complexity index is 2710. The molecule has 0 unspecified atom stereocenters. The van der Waals surface area contributed by atoms with Crippen molar-refractivity contribution in [2.24, 2.45) is 0 Å². The van der Waals surface area contributed by atoms with Gasteiger partial charge in [0, 0.05) is 32.6 Å². The Hall–Kier alpha value is -6.30. The first kappa shape index (κ1) is 23.4. The number of aromatic nitrogens is 2. The summed E-state index contributed by atoms with van der Waals surface area (Å²) in [6.07, 6.45) is 0. The Morgan fingerprint density at radius 3 is 1.72 bits per heavy atom. The molecule has 5 heteroatoms. The van der Waals surface area contributed by atoms with E-state index < -0.39 is 0 Å². The molecule has 0 spiro atoms. The fraction of sp³-hybridized carbons (Fsp3) is 0. The van der Waals surface area contributed by atoms with Crippen molar-refractivity contribution in [3.05, 3.63) is 132 Å². The number of fused-ring (bicyclic) bond motifs is 9. The summed E-state index contributed by atoms with van der Waals surface area (Å²) in [5.74, 6) is 0. The molecule has 0 aliphatic heterocycles. The molecule has 198 valence electrons. The van der Waals surface area contributed by atoms with Gasteiger partial charge in [-0.05, 0) is 66.7 Å². The summed E-state index contributed by atoms with van der Waals surface area (Å²) in [6, 6.07) is 45.5.